The highest BCUT2D eigenvalue weighted by molar-refractivity contribution is 7.08. The molecule has 0 atom stereocenters. The third-order valence-corrected chi connectivity index (χ3v) is 6.86. The van der Waals surface area contributed by atoms with Crippen molar-refractivity contribution >= 4 is 34.0 Å². The quantitative estimate of drug-likeness (QED) is 0.638. The maximum absolute atomic E-state index is 12.9. The van der Waals surface area contributed by atoms with Crippen molar-refractivity contribution in [1.29, 1.82) is 0 Å². The molecular formula is C23H26N4OS. The fourth-order valence-electron chi connectivity index (χ4n) is 4.60. The van der Waals surface area contributed by atoms with E-state index in [2.05, 4.69) is 38.8 Å². The number of rotatable bonds is 3. The number of aromatic nitrogens is 2. The van der Waals surface area contributed by atoms with Gasteiger partial charge in [0, 0.05) is 48.4 Å². The van der Waals surface area contributed by atoms with Crippen molar-refractivity contribution in [3.63, 3.8) is 0 Å². The van der Waals surface area contributed by atoms with Gasteiger partial charge in [0.1, 0.15) is 5.82 Å². The van der Waals surface area contributed by atoms with Crippen LogP contribution in [0.15, 0.2) is 41.1 Å². The van der Waals surface area contributed by atoms with Crippen LogP contribution in [0.4, 0.5) is 5.82 Å². The SMILES string of the molecule is O=C(C1CCCC1)N1CCCN(c2nc(-c3ccsc3)nc3ccccc23)CC1. The second-order valence-corrected chi connectivity index (χ2v) is 8.83. The summed E-state index contributed by atoms with van der Waals surface area (Å²) < 4.78 is 0. The first kappa shape index (κ1) is 18.6. The predicted molar refractivity (Wildman–Crippen MR) is 118 cm³/mol. The third-order valence-electron chi connectivity index (χ3n) is 6.17. The number of para-hydroxylation sites is 1. The molecule has 2 aliphatic rings. The summed E-state index contributed by atoms with van der Waals surface area (Å²) in [6, 6.07) is 10.3. The Bertz CT molecular complexity index is 997. The van der Waals surface area contributed by atoms with Crippen molar-refractivity contribution in [2.45, 2.75) is 32.1 Å². The van der Waals surface area contributed by atoms with Crippen LogP contribution in [0.1, 0.15) is 32.1 Å². The summed E-state index contributed by atoms with van der Waals surface area (Å²) in [4.78, 5) is 27.1. The van der Waals surface area contributed by atoms with Crippen molar-refractivity contribution in [2.24, 2.45) is 5.92 Å². The number of nitrogens with zero attached hydrogens (tertiary/aromatic N) is 4. The van der Waals surface area contributed by atoms with Gasteiger partial charge in [-0.2, -0.15) is 11.3 Å². The summed E-state index contributed by atoms with van der Waals surface area (Å²) in [5.41, 5.74) is 2.04. The van der Waals surface area contributed by atoms with Crippen LogP contribution >= 0.6 is 11.3 Å². The van der Waals surface area contributed by atoms with E-state index in [0.717, 1.165) is 73.6 Å². The molecule has 3 heterocycles. The molecular weight excluding hydrogens is 380 g/mol. The zero-order valence-corrected chi connectivity index (χ0v) is 17.4. The molecule has 2 aromatic heterocycles. The summed E-state index contributed by atoms with van der Waals surface area (Å²) >= 11 is 1.66. The van der Waals surface area contributed by atoms with Crippen molar-refractivity contribution in [3.05, 3.63) is 41.1 Å². The smallest absolute Gasteiger partial charge is 0.225 e. The second kappa shape index (κ2) is 8.11. The lowest BCUT2D eigenvalue weighted by Crippen LogP contribution is -2.38. The standard InChI is InChI=1S/C23H26N4OS/c28-23(17-6-1-2-7-17)27-12-5-11-26(13-14-27)22-19-8-3-4-9-20(19)24-21(25-22)18-10-15-29-16-18/h3-4,8-10,15-17H,1-2,5-7,11-14H2. The van der Waals surface area contributed by atoms with Crippen LogP contribution in [0.5, 0.6) is 0 Å². The lowest BCUT2D eigenvalue weighted by molar-refractivity contribution is -0.135. The molecule has 2 fully saturated rings. The van der Waals surface area contributed by atoms with Crippen molar-refractivity contribution in [2.75, 3.05) is 31.1 Å². The highest BCUT2D eigenvalue weighted by Gasteiger charge is 2.29. The number of benzene rings is 1. The van der Waals surface area contributed by atoms with Crippen LogP contribution in [0.25, 0.3) is 22.3 Å². The Hall–Kier alpha value is -2.47. The van der Waals surface area contributed by atoms with Gasteiger partial charge >= 0.3 is 0 Å². The minimum absolute atomic E-state index is 0.256. The van der Waals surface area contributed by atoms with Crippen LogP contribution < -0.4 is 4.90 Å². The summed E-state index contributed by atoms with van der Waals surface area (Å²) in [5, 5.41) is 5.24. The molecule has 1 aliphatic carbocycles. The van der Waals surface area contributed by atoms with Gasteiger partial charge < -0.3 is 9.80 Å². The lowest BCUT2D eigenvalue weighted by atomic mass is 10.1. The highest BCUT2D eigenvalue weighted by atomic mass is 32.1. The molecule has 1 aromatic carbocycles. The molecule has 0 radical (unpaired) electrons. The molecule has 6 heteroatoms. The van der Waals surface area contributed by atoms with E-state index in [-0.39, 0.29) is 5.92 Å². The molecule has 1 aliphatic heterocycles. The van der Waals surface area contributed by atoms with Gasteiger partial charge in [0.2, 0.25) is 5.91 Å². The average Bonchev–Trinajstić information content (AvgIpc) is 3.43. The molecule has 1 saturated heterocycles. The number of hydrogen-bond acceptors (Lipinski definition) is 5. The van der Waals surface area contributed by atoms with Crippen LogP contribution in [0, 0.1) is 5.92 Å². The Balaban J connectivity index is 1.43. The van der Waals surface area contributed by atoms with E-state index < -0.39 is 0 Å². The molecule has 1 saturated carbocycles. The predicted octanol–water partition coefficient (Wildman–Crippen LogP) is 4.59. The third kappa shape index (κ3) is 3.73. The molecule has 1 amide bonds. The van der Waals surface area contributed by atoms with Crippen LogP contribution in [0.2, 0.25) is 0 Å². The molecule has 29 heavy (non-hydrogen) atoms. The summed E-state index contributed by atoms with van der Waals surface area (Å²) in [6.07, 6.45) is 5.52. The van der Waals surface area contributed by atoms with Crippen molar-refractivity contribution in [1.82, 2.24) is 14.9 Å². The minimum atomic E-state index is 0.256. The normalized spacial score (nSPS) is 18.3. The van der Waals surface area contributed by atoms with Crippen molar-refractivity contribution in [3.8, 4) is 11.4 Å². The number of hydrogen-bond donors (Lipinski definition) is 0. The first-order valence-electron chi connectivity index (χ1n) is 10.6. The molecule has 0 N–H and O–H groups in total. The van der Waals surface area contributed by atoms with Gasteiger partial charge in [-0.25, -0.2) is 9.97 Å². The summed E-state index contributed by atoms with van der Waals surface area (Å²) in [7, 11) is 0. The largest absolute Gasteiger partial charge is 0.354 e. The van der Waals surface area contributed by atoms with Gasteiger partial charge in [-0.3, -0.25) is 4.79 Å². The molecule has 0 spiro atoms. The number of fused-ring (bicyclic) bond motifs is 1. The zero-order valence-electron chi connectivity index (χ0n) is 16.6. The first-order valence-corrected chi connectivity index (χ1v) is 11.6. The van der Waals surface area contributed by atoms with Crippen LogP contribution in [-0.4, -0.2) is 47.0 Å². The van der Waals surface area contributed by atoms with Crippen LogP contribution in [-0.2, 0) is 4.79 Å². The molecule has 0 bridgehead atoms. The number of anilines is 1. The molecule has 5 rings (SSSR count). The fourth-order valence-corrected chi connectivity index (χ4v) is 5.24. The average molecular weight is 407 g/mol. The highest BCUT2D eigenvalue weighted by Crippen LogP contribution is 2.30. The first-order chi connectivity index (χ1) is 14.3. The number of amides is 1. The maximum Gasteiger partial charge on any atom is 0.225 e. The zero-order chi connectivity index (χ0) is 19.6. The van der Waals surface area contributed by atoms with Crippen molar-refractivity contribution < 1.29 is 4.79 Å². The van der Waals surface area contributed by atoms with E-state index >= 15 is 0 Å². The molecule has 0 unspecified atom stereocenters. The van der Waals surface area contributed by atoms with E-state index in [9.17, 15) is 4.79 Å². The summed E-state index contributed by atoms with van der Waals surface area (Å²) in [6.45, 7) is 3.37. The number of carbonyl (C=O) groups is 1. The minimum Gasteiger partial charge on any atom is -0.354 e. The van der Waals surface area contributed by atoms with E-state index in [0.29, 0.717) is 5.91 Å². The van der Waals surface area contributed by atoms with E-state index in [1.165, 1.54) is 12.8 Å². The lowest BCUT2D eigenvalue weighted by Gasteiger charge is -2.25. The summed E-state index contributed by atoms with van der Waals surface area (Å²) in [5.74, 6) is 2.40. The fraction of sp³-hybridized carbons (Fsp3) is 0.435. The Labute approximate surface area is 175 Å². The van der Waals surface area contributed by atoms with Gasteiger partial charge in [-0.1, -0.05) is 25.0 Å². The van der Waals surface area contributed by atoms with Gasteiger partial charge in [-0.05, 0) is 42.8 Å². The van der Waals surface area contributed by atoms with E-state index in [1.807, 2.05) is 12.1 Å². The Morgan fingerprint density at radius 1 is 0.966 bits per heavy atom. The molecule has 150 valence electrons. The topological polar surface area (TPSA) is 49.3 Å². The Morgan fingerprint density at radius 3 is 2.66 bits per heavy atom. The van der Waals surface area contributed by atoms with Gasteiger partial charge in [-0.15, -0.1) is 0 Å². The van der Waals surface area contributed by atoms with Crippen LogP contribution in [0.3, 0.4) is 0 Å². The maximum atomic E-state index is 12.9. The second-order valence-electron chi connectivity index (χ2n) is 8.05. The van der Waals surface area contributed by atoms with Gasteiger partial charge in [0.15, 0.2) is 5.82 Å². The monoisotopic (exact) mass is 406 g/mol. The van der Waals surface area contributed by atoms with Gasteiger partial charge in [0.05, 0.1) is 5.52 Å². The number of thiophene rings is 1. The van der Waals surface area contributed by atoms with Gasteiger partial charge in [0.25, 0.3) is 0 Å². The van der Waals surface area contributed by atoms with E-state index in [1.54, 1.807) is 11.3 Å². The molecule has 3 aromatic rings. The van der Waals surface area contributed by atoms with E-state index in [4.69, 9.17) is 9.97 Å². The molecule has 5 nitrogen and oxygen atoms in total. The Kier molecular flexibility index (Phi) is 5.19. The Morgan fingerprint density at radius 2 is 1.83 bits per heavy atom. The number of carbonyl (C=O) groups excluding carboxylic acids is 1.